The van der Waals surface area contributed by atoms with Gasteiger partial charge in [0, 0.05) is 56.0 Å². The van der Waals surface area contributed by atoms with Crippen molar-refractivity contribution in [3.8, 4) is 22.3 Å². The zero-order valence-electron chi connectivity index (χ0n) is 25.5. The number of H-pyrrole nitrogens is 1. The molecular formula is C39H28N8. The molecule has 8 nitrogen and oxygen atoms in total. The Balaban J connectivity index is 1.32. The lowest BCUT2D eigenvalue weighted by Gasteiger charge is -2.42. The summed E-state index contributed by atoms with van der Waals surface area (Å²) in [6, 6.07) is 32.8. The first-order valence-electron chi connectivity index (χ1n) is 15.7. The molecule has 2 aliphatic carbocycles. The quantitative estimate of drug-likeness (QED) is 0.243. The molecule has 0 fully saturated rings. The highest BCUT2D eigenvalue weighted by molar-refractivity contribution is 5.89. The average Bonchev–Trinajstić information content (AvgIpc) is 3.91. The second kappa shape index (κ2) is 9.43. The minimum atomic E-state index is -0.739. The Morgan fingerprint density at radius 1 is 0.596 bits per heavy atom. The van der Waals surface area contributed by atoms with Crippen LogP contribution in [0.5, 0.6) is 0 Å². The van der Waals surface area contributed by atoms with Gasteiger partial charge in [-0.3, -0.25) is 15.1 Å². The fourth-order valence-corrected chi connectivity index (χ4v) is 8.56. The van der Waals surface area contributed by atoms with E-state index in [-0.39, 0.29) is 0 Å². The van der Waals surface area contributed by atoms with Gasteiger partial charge in [0.15, 0.2) is 11.6 Å². The zero-order valence-corrected chi connectivity index (χ0v) is 25.5. The molecule has 0 spiro atoms. The van der Waals surface area contributed by atoms with Crippen molar-refractivity contribution in [1.29, 1.82) is 0 Å². The number of aromatic nitrogens is 6. The van der Waals surface area contributed by atoms with E-state index < -0.39 is 11.0 Å². The lowest BCUT2D eigenvalue weighted by Crippen LogP contribution is -2.48. The molecule has 47 heavy (non-hydrogen) atoms. The van der Waals surface area contributed by atoms with Crippen LogP contribution in [0.2, 0.25) is 0 Å². The van der Waals surface area contributed by atoms with Crippen molar-refractivity contribution in [1.82, 2.24) is 30.1 Å². The second-order valence-electron chi connectivity index (χ2n) is 12.4. The number of aromatic amines is 1. The highest BCUT2D eigenvalue weighted by Gasteiger charge is 2.54. The predicted molar refractivity (Wildman–Crippen MR) is 181 cm³/mol. The molecule has 0 saturated carbocycles. The Morgan fingerprint density at radius 3 is 2.04 bits per heavy atom. The Kier molecular flexibility index (Phi) is 5.24. The summed E-state index contributed by atoms with van der Waals surface area (Å²) in [5, 5.41) is 7.85. The molecule has 5 heterocycles. The van der Waals surface area contributed by atoms with Crippen LogP contribution in [0.3, 0.4) is 0 Å². The highest BCUT2D eigenvalue weighted by atomic mass is 15.4. The smallest absolute Gasteiger partial charge is 0.174 e. The first-order valence-corrected chi connectivity index (χ1v) is 15.7. The maximum absolute atomic E-state index is 4.95. The molecule has 2 unspecified atom stereocenters. The number of benzene rings is 3. The molecule has 7 aromatic rings. The van der Waals surface area contributed by atoms with Gasteiger partial charge >= 0.3 is 0 Å². The van der Waals surface area contributed by atoms with Crippen LogP contribution in [0.25, 0.3) is 22.3 Å². The number of rotatable bonds is 4. The fraction of sp³-hybridized carbons (Fsp3) is 0.103. The minimum Gasteiger partial charge on any atom is -0.339 e. The summed E-state index contributed by atoms with van der Waals surface area (Å²) < 4.78 is 0. The van der Waals surface area contributed by atoms with Crippen LogP contribution in [0.15, 0.2) is 134 Å². The van der Waals surface area contributed by atoms with Gasteiger partial charge in [0.25, 0.3) is 0 Å². The normalized spacial score (nSPS) is 20.0. The number of nitrogens with one attached hydrogen (secondary N) is 1. The van der Waals surface area contributed by atoms with Gasteiger partial charge in [0.05, 0.1) is 17.8 Å². The van der Waals surface area contributed by atoms with Gasteiger partial charge < -0.3 is 9.80 Å². The van der Waals surface area contributed by atoms with Gasteiger partial charge in [-0.2, -0.15) is 5.10 Å². The molecule has 224 valence electrons. The lowest BCUT2D eigenvalue weighted by molar-refractivity contribution is 0.576. The summed E-state index contributed by atoms with van der Waals surface area (Å²) in [6.07, 6.45) is 13.2. The number of nitrogens with zero attached hydrogens (tertiary/aromatic N) is 7. The molecule has 10 rings (SSSR count). The third-order valence-electron chi connectivity index (χ3n) is 10.3. The zero-order chi connectivity index (χ0) is 31.2. The van der Waals surface area contributed by atoms with Crippen molar-refractivity contribution >= 4 is 11.6 Å². The number of anilines is 2. The van der Waals surface area contributed by atoms with Crippen molar-refractivity contribution in [2.24, 2.45) is 0 Å². The monoisotopic (exact) mass is 608 g/mol. The van der Waals surface area contributed by atoms with E-state index in [0.717, 1.165) is 39.6 Å². The minimum absolute atomic E-state index is 0.605. The average molecular weight is 609 g/mol. The van der Waals surface area contributed by atoms with Gasteiger partial charge in [-0.15, -0.1) is 0 Å². The second-order valence-corrected chi connectivity index (χ2v) is 12.4. The lowest BCUT2D eigenvalue weighted by atomic mass is 9.69. The van der Waals surface area contributed by atoms with Gasteiger partial charge in [-0.05, 0) is 68.3 Å². The van der Waals surface area contributed by atoms with Gasteiger partial charge in [-0.25, -0.2) is 9.97 Å². The van der Waals surface area contributed by atoms with Gasteiger partial charge in [-0.1, -0.05) is 72.8 Å². The number of fused-ring (bicyclic) bond motifs is 7. The first kappa shape index (κ1) is 26.1. The highest BCUT2D eigenvalue weighted by Crippen LogP contribution is 2.59. The van der Waals surface area contributed by atoms with Crippen LogP contribution < -0.4 is 9.80 Å². The summed E-state index contributed by atoms with van der Waals surface area (Å²) in [6.45, 7) is 0.605. The first-order chi connectivity index (χ1) is 23.2. The SMILES string of the molecule is CN1CN(C2(c3cccc(C4(c5ccn[nH]5)c5ccccc5-c5ccncc54)c3)c3ccccc3-c3ccncc32)c2nccnc21. The standard InChI is InChI=1S/C39H28N8/c1-46-24-47(37-36(46)42-19-20-43-37)39(32-12-5-3-10-28(32)30-14-17-41-23-34(30)39)26-8-6-7-25(21-26)38(35-15-18-44-45-35)31-11-4-2-9-27(31)29-13-16-40-22-33(29)38/h2-23H,24H2,1H3,(H,44,45). The van der Waals surface area contributed by atoms with E-state index in [0.29, 0.717) is 6.67 Å². The third kappa shape index (κ3) is 3.19. The van der Waals surface area contributed by atoms with E-state index in [1.165, 1.54) is 33.4 Å². The van der Waals surface area contributed by atoms with Crippen molar-refractivity contribution in [2.75, 3.05) is 23.5 Å². The molecule has 0 radical (unpaired) electrons. The van der Waals surface area contributed by atoms with E-state index in [9.17, 15) is 0 Å². The summed E-state index contributed by atoms with van der Waals surface area (Å²) in [7, 11) is 2.08. The van der Waals surface area contributed by atoms with Crippen LogP contribution in [0.1, 0.15) is 39.1 Å². The van der Waals surface area contributed by atoms with Gasteiger partial charge in [0.2, 0.25) is 0 Å². The van der Waals surface area contributed by atoms with E-state index in [1.807, 2.05) is 31.0 Å². The maximum atomic E-state index is 4.95. The van der Waals surface area contributed by atoms with E-state index in [1.54, 1.807) is 12.4 Å². The molecule has 1 aliphatic heterocycles. The maximum Gasteiger partial charge on any atom is 0.174 e. The molecule has 2 atom stereocenters. The van der Waals surface area contributed by atoms with Crippen LogP contribution in [0.4, 0.5) is 11.6 Å². The summed E-state index contributed by atoms with van der Waals surface area (Å²) >= 11 is 0. The number of pyridine rings is 2. The van der Waals surface area contributed by atoms with Crippen molar-refractivity contribution in [2.45, 2.75) is 11.0 Å². The van der Waals surface area contributed by atoms with Crippen LogP contribution in [0, 0.1) is 0 Å². The predicted octanol–water partition coefficient (Wildman–Crippen LogP) is 6.54. The molecule has 8 heteroatoms. The topological polar surface area (TPSA) is 86.7 Å². The molecule has 0 bridgehead atoms. The molecule has 0 amide bonds. The number of hydrogen-bond donors (Lipinski definition) is 1. The Hall–Kier alpha value is -6.15. The van der Waals surface area contributed by atoms with Crippen LogP contribution in [-0.4, -0.2) is 43.8 Å². The Bertz CT molecular complexity index is 2260. The fourth-order valence-electron chi connectivity index (χ4n) is 8.56. The van der Waals surface area contributed by atoms with Gasteiger partial charge in [0.1, 0.15) is 5.54 Å². The van der Waals surface area contributed by atoms with Crippen molar-refractivity contribution in [3.05, 3.63) is 173 Å². The molecular weight excluding hydrogens is 580 g/mol. The number of hydrogen-bond acceptors (Lipinski definition) is 7. The van der Waals surface area contributed by atoms with Crippen molar-refractivity contribution in [3.63, 3.8) is 0 Å². The molecule has 3 aromatic carbocycles. The van der Waals surface area contributed by atoms with E-state index in [2.05, 4.69) is 123 Å². The summed E-state index contributed by atoms with van der Waals surface area (Å²) in [5.74, 6) is 1.70. The van der Waals surface area contributed by atoms with E-state index in [4.69, 9.17) is 15.0 Å². The molecule has 0 saturated heterocycles. The van der Waals surface area contributed by atoms with Crippen LogP contribution in [-0.2, 0) is 11.0 Å². The Labute approximate surface area is 271 Å². The molecule has 1 N–H and O–H groups in total. The van der Waals surface area contributed by atoms with Crippen molar-refractivity contribution < 1.29 is 0 Å². The summed E-state index contributed by atoms with van der Waals surface area (Å²) in [5.41, 5.74) is 11.2. The van der Waals surface area contributed by atoms with Crippen LogP contribution >= 0.6 is 0 Å². The molecule has 4 aromatic heterocycles. The summed E-state index contributed by atoms with van der Waals surface area (Å²) in [4.78, 5) is 23.7. The van der Waals surface area contributed by atoms with E-state index >= 15 is 0 Å². The third-order valence-corrected chi connectivity index (χ3v) is 10.3. The Morgan fingerprint density at radius 2 is 1.26 bits per heavy atom. The largest absolute Gasteiger partial charge is 0.339 e. The molecule has 3 aliphatic rings.